The van der Waals surface area contributed by atoms with E-state index >= 15 is 0 Å². The molecule has 10 heteroatoms. The van der Waals surface area contributed by atoms with Crippen molar-refractivity contribution in [2.75, 3.05) is 6.61 Å². The summed E-state index contributed by atoms with van der Waals surface area (Å²) in [6.45, 7) is -1.95. The molecular formula is C2H2F3NaO5S. The van der Waals surface area contributed by atoms with E-state index in [4.69, 9.17) is 0 Å². The minimum Gasteiger partial charge on any atom is -0.724 e. The second kappa shape index (κ2) is 5.37. The number of halogens is 3. The molecule has 0 aliphatic heterocycles. The summed E-state index contributed by atoms with van der Waals surface area (Å²) in [4.78, 5) is 3.04. The van der Waals surface area contributed by atoms with E-state index in [9.17, 15) is 26.1 Å². The van der Waals surface area contributed by atoms with Crippen LogP contribution in [0.15, 0.2) is 0 Å². The molecule has 0 aromatic rings. The van der Waals surface area contributed by atoms with E-state index in [1.807, 2.05) is 0 Å². The number of rotatable bonds is 3. The predicted octanol–water partition coefficient (Wildman–Crippen LogP) is -3.04. The van der Waals surface area contributed by atoms with E-state index in [1.54, 1.807) is 0 Å². The molecule has 5 nitrogen and oxygen atoms in total. The molecule has 0 atom stereocenters. The maximum atomic E-state index is 11.1. The van der Waals surface area contributed by atoms with Gasteiger partial charge in [0.05, 0.1) is 0 Å². The van der Waals surface area contributed by atoms with Crippen LogP contribution < -0.4 is 29.6 Å². The average Bonchev–Trinajstić information content (AvgIpc) is 1.55. The van der Waals surface area contributed by atoms with Crippen molar-refractivity contribution in [1.29, 1.82) is 0 Å². The van der Waals surface area contributed by atoms with Crippen LogP contribution in [0.5, 0.6) is 0 Å². The summed E-state index contributed by atoms with van der Waals surface area (Å²) in [6.07, 6.45) is -4.73. The molecule has 0 unspecified atom stereocenters. The van der Waals surface area contributed by atoms with Gasteiger partial charge in [0.2, 0.25) is 10.4 Å². The minimum absolute atomic E-state index is 0. The molecule has 0 aliphatic rings. The molecular weight excluding hydrogens is 216 g/mol. The molecule has 0 aliphatic carbocycles. The molecule has 0 saturated carbocycles. The van der Waals surface area contributed by atoms with E-state index in [1.165, 1.54) is 0 Å². The maximum Gasteiger partial charge on any atom is 1.00 e. The molecule has 0 saturated heterocycles. The van der Waals surface area contributed by atoms with Crippen LogP contribution in [-0.4, -0.2) is 25.8 Å². The van der Waals surface area contributed by atoms with Gasteiger partial charge >= 0.3 is 35.7 Å². The van der Waals surface area contributed by atoms with Gasteiger partial charge in [-0.1, -0.05) is 0 Å². The normalized spacial score (nSPS) is 12.3. The largest absolute Gasteiger partial charge is 1.00 e. The smallest absolute Gasteiger partial charge is 0.724 e. The van der Waals surface area contributed by atoms with Crippen LogP contribution in [-0.2, 0) is 19.6 Å². The van der Waals surface area contributed by atoms with E-state index in [2.05, 4.69) is 9.22 Å². The average molecular weight is 218 g/mol. The topological polar surface area (TPSA) is 75.7 Å². The fourth-order valence-electron chi connectivity index (χ4n) is 0.150. The second-order valence-corrected chi connectivity index (χ2v) is 2.31. The molecule has 0 amide bonds. The fraction of sp³-hybridized carbons (Fsp3) is 1.00. The van der Waals surface area contributed by atoms with E-state index in [-0.39, 0.29) is 29.6 Å². The predicted molar refractivity (Wildman–Crippen MR) is 22.8 cm³/mol. The van der Waals surface area contributed by atoms with Crippen LogP contribution in [0.4, 0.5) is 13.2 Å². The zero-order chi connectivity index (χ0) is 9.12. The SMILES string of the molecule is O=S(=O)([O-])OOCC(F)(F)F.[Na+]. The molecule has 0 spiro atoms. The molecule has 0 fully saturated rings. The first kappa shape index (κ1) is 15.1. The van der Waals surface area contributed by atoms with Crippen LogP contribution >= 0.6 is 0 Å². The summed E-state index contributed by atoms with van der Waals surface area (Å²) in [5.74, 6) is 0. The first-order valence-corrected chi connectivity index (χ1v) is 3.38. The minimum atomic E-state index is -5.22. The Hall–Kier alpha value is 0.620. The van der Waals surface area contributed by atoms with Crippen molar-refractivity contribution < 1.29 is 64.9 Å². The Labute approximate surface area is 88.0 Å². The van der Waals surface area contributed by atoms with Crippen LogP contribution in [0, 0.1) is 0 Å². The van der Waals surface area contributed by atoms with Crippen molar-refractivity contribution >= 4 is 10.4 Å². The van der Waals surface area contributed by atoms with Gasteiger partial charge in [0.1, 0.15) is 0 Å². The molecule has 0 aromatic carbocycles. The third-order valence-corrected chi connectivity index (χ3v) is 0.617. The third kappa shape index (κ3) is 13.2. The summed E-state index contributed by atoms with van der Waals surface area (Å²) in [5.41, 5.74) is 0. The maximum absolute atomic E-state index is 11.1. The molecule has 0 aromatic heterocycles. The molecule has 12 heavy (non-hydrogen) atoms. The molecule has 0 heterocycles. The quantitative estimate of drug-likeness (QED) is 0.165. The first-order valence-electron chi connectivity index (χ1n) is 2.04. The second-order valence-electron chi connectivity index (χ2n) is 1.35. The van der Waals surface area contributed by atoms with Crippen LogP contribution in [0.1, 0.15) is 0 Å². The van der Waals surface area contributed by atoms with Crippen molar-refractivity contribution in [2.45, 2.75) is 6.18 Å². The molecule has 0 rings (SSSR count). The van der Waals surface area contributed by atoms with E-state index in [0.717, 1.165) is 0 Å². The number of hydrogen-bond donors (Lipinski definition) is 0. The fourth-order valence-corrected chi connectivity index (χ4v) is 0.316. The molecule has 0 bridgehead atoms. The molecule has 0 N–H and O–H groups in total. The Morgan fingerprint density at radius 2 is 1.75 bits per heavy atom. The first-order chi connectivity index (χ1) is 4.71. The van der Waals surface area contributed by atoms with Gasteiger partial charge in [-0.05, 0) is 0 Å². The van der Waals surface area contributed by atoms with Crippen LogP contribution in [0.2, 0.25) is 0 Å². The van der Waals surface area contributed by atoms with E-state index in [0.29, 0.717) is 0 Å². The summed E-state index contributed by atoms with van der Waals surface area (Å²) in [7, 11) is -5.22. The van der Waals surface area contributed by atoms with Crippen LogP contribution in [0.25, 0.3) is 0 Å². The van der Waals surface area contributed by atoms with Crippen molar-refractivity contribution in [3.05, 3.63) is 0 Å². The summed E-state index contributed by atoms with van der Waals surface area (Å²) in [5, 5.41) is 0. The zero-order valence-corrected chi connectivity index (χ0v) is 8.61. The van der Waals surface area contributed by atoms with Crippen molar-refractivity contribution in [3.8, 4) is 0 Å². The van der Waals surface area contributed by atoms with Gasteiger partial charge in [-0.2, -0.15) is 13.2 Å². The Balaban J connectivity index is 0. The van der Waals surface area contributed by atoms with Gasteiger partial charge in [-0.3, -0.25) is 0 Å². The van der Waals surface area contributed by atoms with Gasteiger partial charge in [0.25, 0.3) is 0 Å². The third-order valence-electron chi connectivity index (χ3n) is 0.354. The Morgan fingerprint density at radius 1 is 1.33 bits per heavy atom. The van der Waals surface area contributed by atoms with Crippen molar-refractivity contribution in [1.82, 2.24) is 0 Å². The monoisotopic (exact) mass is 218 g/mol. The summed E-state index contributed by atoms with van der Waals surface area (Å²) in [6, 6.07) is 0. The van der Waals surface area contributed by atoms with Gasteiger partial charge < -0.3 is 4.55 Å². The van der Waals surface area contributed by atoms with Gasteiger partial charge in [0, 0.05) is 0 Å². The summed E-state index contributed by atoms with van der Waals surface area (Å²) < 4.78 is 64.5. The van der Waals surface area contributed by atoms with Crippen molar-refractivity contribution in [2.24, 2.45) is 0 Å². The number of alkyl halides is 3. The van der Waals surface area contributed by atoms with Crippen molar-refractivity contribution in [3.63, 3.8) is 0 Å². The van der Waals surface area contributed by atoms with Gasteiger partial charge in [0.15, 0.2) is 6.61 Å². The van der Waals surface area contributed by atoms with Gasteiger partial charge in [-0.15, -0.1) is 4.33 Å². The molecule has 68 valence electrons. The summed E-state index contributed by atoms with van der Waals surface area (Å²) >= 11 is 0. The zero-order valence-electron chi connectivity index (χ0n) is 5.79. The Bertz CT molecular complexity index is 209. The molecule has 0 radical (unpaired) electrons. The van der Waals surface area contributed by atoms with Gasteiger partial charge in [-0.25, -0.2) is 13.3 Å². The van der Waals surface area contributed by atoms with Crippen LogP contribution in [0.3, 0.4) is 0 Å². The Kier molecular flexibility index (Phi) is 6.76. The number of hydrogen-bond acceptors (Lipinski definition) is 5. The van der Waals surface area contributed by atoms with E-state index < -0.39 is 23.2 Å². The Morgan fingerprint density at radius 3 is 2.00 bits per heavy atom. The standard InChI is InChI=1S/C2H3F3O5S.Na/c3-2(4,5)1-9-10-11(6,7)8;/h1H2,(H,6,7,8);/q;+1/p-1.